The number of nitrogens with zero attached hydrogens (tertiary/aromatic N) is 3. The Bertz CT molecular complexity index is 629. The third kappa shape index (κ3) is 1.64. The summed E-state index contributed by atoms with van der Waals surface area (Å²) < 4.78 is 7.16. The quantitative estimate of drug-likeness (QED) is 0.791. The highest BCUT2D eigenvalue weighted by Gasteiger charge is 2.50. The lowest BCUT2D eigenvalue weighted by Gasteiger charge is -2.38. The molecule has 2 aromatic rings. The standard InChI is InChI=1S/C14H17N3O2/c1-3-19-13(18)14(7-5-8-14)12-16-10-6-4-9-15-11(10)17(12)2/h4,6,9H,3,5,7-8H2,1-2H3. The van der Waals surface area contributed by atoms with E-state index in [9.17, 15) is 4.79 Å². The number of imidazole rings is 1. The topological polar surface area (TPSA) is 57.0 Å². The van der Waals surface area contributed by atoms with E-state index in [1.165, 1.54) is 0 Å². The van der Waals surface area contributed by atoms with Gasteiger partial charge in [0.15, 0.2) is 5.65 Å². The molecule has 1 aliphatic carbocycles. The van der Waals surface area contributed by atoms with E-state index in [0.29, 0.717) is 6.61 Å². The van der Waals surface area contributed by atoms with Crippen LogP contribution in [0.25, 0.3) is 11.2 Å². The van der Waals surface area contributed by atoms with Crippen molar-refractivity contribution in [3.63, 3.8) is 0 Å². The highest BCUT2D eigenvalue weighted by atomic mass is 16.5. The van der Waals surface area contributed by atoms with E-state index >= 15 is 0 Å². The van der Waals surface area contributed by atoms with Crippen molar-refractivity contribution in [2.45, 2.75) is 31.6 Å². The van der Waals surface area contributed by atoms with Gasteiger partial charge in [0, 0.05) is 13.2 Å². The van der Waals surface area contributed by atoms with Crippen molar-refractivity contribution in [2.75, 3.05) is 6.61 Å². The van der Waals surface area contributed by atoms with Crippen LogP contribution in [0.5, 0.6) is 0 Å². The van der Waals surface area contributed by atoms with Crippen molar-refractivity contribution in [3.8, 4) is 0 Å². The molecule has 0 radical (unpaired) electrons. The van der Waals surface area contributed by atoms with E-state index in [4.69, 9.17) is 4.74 Å². The van der Waals surface area contributed by atoms with Gasteiger partial charge in [-0.2, -0.15) is 0 Å². The Hall–Kier alpha value is -1.91. The van der Waals surface area contributed by atoms with Crippen molar-refractivity contribution >= 4 is 17.1 Å². The van der Waals surface area contributed by atoms with Gasteiger partial charge in [-0.3, -0.25) is 4.79 Å². The maximum absolute atomic E-state index is 12.3. The second-order valence-electron chi connectivity index (χ2n) is 5.00. The molecule has 1 fully saturated rings. The molecule has 1 saturated carbocycles. The van der Waals surface area contributed by atoms with E-state index < -0.39 is 5.41 Å². The molecule has 0 aromatic carbocycles. The lowest BCUT2D eigenvalue weighted by molar-refractivity contribution is -0.154. The molecule has 0 unspecified atom stereocenters. The van der Waals surface area contributed by atoms with Gasteiger partial charge in [0.1, 0.15) is 16.8 Å². The Labute approximate surface area is 111 Å². The molecule has 5 heteroatoms. The van der Waals surface area contributed by atoms with E-state index in [1.54, 1.807) is 6.20 Å². The Morgan fingerprint density at radius 3 is 2.89 bits per heavy atom. The summed E-state index contributed by atoms with van der Waals surface area (Å²) in [6.07, 6.45) is 4.40. The maximum atomic E-state index is 12.3. The molecule has 0 atom stereocenters. The van der Waals surface area contributed by atoms with Crippen LogP contribution >= 0.6 is 0 Å². The molecular weight excluding hydrogens is 242 g/mol. The van der Waals surface area contributed by atoms with Crippen molar-refractivity contribution in [2.24, 2.45) is 7.05 Å². The maximum Gasteiger partial charge on any atom is 0.319 e. The molecule has 5 nitrogen and oxygen atoms in total. The zero-order valence-corrected chi connectivity index (χ0v) is 11.2. The SMILES string of the molecule is CCOC(=O)C1(c2nc3cccnc3n2C)CCC1. The molecule has 19 heavy (non-hydrogen) atoms. The number of hydrogen-bond donors (Lipinski definition) is 0. The van der Waals surface area contributed by atoms with E-state index in [0.717, 1.165) is 36.3 Å². The lowest BCUT2D eigenvalue weighted by atomic mass is 9.68. The number of aromatic nitrogens is 3. The summed E-state index contributed by atoms with van der Waals surface area (Å²) in [5.41, 5.74) is 1.08. The van der Waals surface area contributed by atoms with E-state index in [1.807, 2.05) is 30.7 Å². The molecule has 0 saturated heterocycles. The summed E-state index contributed by atoms with van der Waals surface area (Å²) in [5.74, 6) is 0.630. The molecule has 0 N–H and O–H groups in total. The van der Waals surface area contributed by atoms with E-state index in [2.05, 4.69) is 9.97 Å². The first-order chi connectivity index (χ1) is 9.19. The van der Waals surface area contributed by atoms with Crippen LogP contribution in [0, 0.1) is 0 Å². The molecule has 1 aliphatic rings. The highest BCUT2D eigenvalue weighted by molar-refractivity contribution is 5.85. The average molecular weight is 259 g/mol. The Kier molecular flexibility index (Phi) is 2.77. The molecule has 0 aliphatic heterocycles. The summed E-state index contributed by atoms with van der Waals surface area (Å²) in [4.78, 5) is 21.2. The third-order valence-electron chi connectivity index (χ3n) is 3.93. The molecular formula is C14H17N3O2. The molecule has 0 amide bonds. The van der Waals surface area contributed by atoms with Crippen LogP contribution in [0.15, 0.2) is 18.3 Å². The fraction of sp³-hybridized carbons (Fsp3) is 0.500. The average Bonchev–Trinajstić information content (AvgIpc) is 2.67. The van der Waals surface area contributed by atoms with E-state index in [-0.39, 0.29) is 5.97 Å². The van der Waals surface area contributed by atoms with Gasteiger partial charge < -0.3 is 9.30 Å². The normalized spacial score (nSPS) is 17.2. The number of carbonyl (C=O) groups excluding carboxylic acids is 1. The van der Waals surface area contributed by atoms with Crippen molar-refractivity contribution in [1.82, 2.24) is 14.5 Å². The van der Waals surface area contributed by atoms with Crippen molar-refractivity contribution in [1.29, 1.82) is 0 Å². The highest BCUT2D eigenvalue weighted by Crippen LogP contribution is 2.44. The fourth-order valence-corrected chi connectivity index (χ4v) is 2.77. The van der Waals surface area contributed by atoms with Crippen LogP contribution in [0.2, 0.25) is 0 Å². The molecule has 0 spiro atoms. The van der Waals surface area contributed by atoms with Crippen LogP contribution in [-0.4, -0.2) is 27.1 Å². The van der Waals surface area contributed by atoms with Gasteiger partial charge >= 0.3 is 5.97 Å². The number of hydrogen-bond acceptors (Lipinski definition) is 4. The monoisotopic (exact) mass is 259 g/mol. The molecule has 3 rings (SSSR count). The van der Waals surface area contributed by atoms with Crippen LogP contribution in [0.3, 0.4) is 0 Å². The summed E-state index contributed by atoms with van der Waals surface area (Å²) in [5, 5.41) is 0. The van der Waals surface area contributed by atoms with Gasteiger partial charge in [0.25, 0.3) is 0 Å². The second-order valence-corrected chi connectivity index (χ2v) is 5.00. The minimum Gasteiger partial charge on any atom is -0.465 e. The molecule has 2 aromatic heterocycles. The molecule has 100 valence electrons. The third-order valence-corrected chi connectivity index (χ3v) is 3.93. The van der Waals surface area contributed by atoms with Crippen LogP contribution in [-0.2, 0) is 22.0 Å². The first-order valence-electron chi connectivity index (χ1n) is 6.64. The summed E-state index contributed by atoms with van der Waals surface area (Å²) in [6, 6.07) is 3.78. The molecule has 0 bridgehead atoms. The Morgan fingerprint density at radius 1 is 1.53 bits per heavy atom. The Balaban J connectivity index is 2.11. The predicted molar refractivity (Wildman–Crippen MR) is 70.7 cm³/mol. The second kappa shape index (κ2) is 4.33. The largest absolute Gasteiger partial charge is 0.465 e. The zero-order chi connectivity index (χ0) is 13.5. The molecule has 2 heterocycles. The smallest absolute Gasteiger partial charge is 0.319 e. The van der Waals surface area contributed by atoms with Gasteiger partial charge in [-0.25, -0.2) is 9.97 Å². The number of aryl methyl sites for hydroxylation is 1. The van der Waals surface area contributed by atoms with Gasteiger partial charge in [-0.1, -0.05) is 6.42 Å². The number of pyridine rings is 1. The van der Waals surface area contributed by atoms with Crippen LogP contribution in [0.4, 0.5) is 0 Å². The summed E-state index contributed by atoms with van der Waals surface area (Å²) >= 11 is 0. The van der Waals surface area contributed by atoms with Crippen molar-refractivity contribution in [3.05, 3.63) is 24.2 Å². The van der Waals surface area contributed by atoms with Gasteiger partial charge in [0.05, 0.1) is 6.61 Å². The van der Waals surface area contributed by atoms with Crippen LogP contribution < -0.4 is 0 Å². The van der Waals surface area contributed by atoms with Gasteiger partial charge in [0.2, 0.25) is 0 Å². The lowest BCUT2D eigenvalue weighted by Crippen LogP contribution is -2.45. The fourth-order valence-electron chi connectivity index (χ4n) is 2.77. The number of esters is 1. The first kappa shape index (κ1) is 12.1. The number of rotatable bonds is 3. The minimum absolute atomic E-state index is 0.153. The van der Waals surface area contributed by atoms with Crippen molar-refractivity contribution < 1.29 is 9.53 Å². The van der Waals surface area contributed by atoms with Gasteiger partial charge in [-0.15, -0.1) is 0 Å². The first-order valence-corrected chi connectivity index (χ1v) is 6.64. The summed E-state index contributed by atoms with van der Waals surface area (Å²) in [6.45, 7) is 2.24. The van der Waals surface area contributed by atoms with Crippen LogP contribution in [0.1, 0.15) is 32.0 Å². The minimum atomic E-state index is -0.564. The summed E-state index contributed by atoms with van der Waals surface area (Å²) in [7, 11) is 1.91. The number of ether oxygens (including phenoxy) is 1. The van der Waals surface area contributed by atoms with Gasteiger partial charge in [-0.05, 0) is 31.9 Å². The Morgan fingerprint density at radius 2 is 2.32 bits per heavy atom. The number of carbonyl (C=O) groups is 1. The number of fused-ring (bicyclic) bond motifs is 1. The zero-order valence-electron chi connectivity index (χ0n) is 11.2. The predicted octanol–water partition coefficient (Wildman–Crippen LogP) is 1.95.